The van der Waals surface area contributed by atoms with E-state index in [0.29, 0.717) is 0 Å². The molecule has 0 bridgehead atoms. The summed E-state index contributed by atoms with van der Waals surface area (Å²) in [5.74, 6) is -4.46. The summed E-state index contributed by atoms with van der Waals surface area (Å²) in [7, 11) is 2.33. The van der Waals surface area contributed by atoms with Gasteiger partial charge in [0.25, 0.3) is 5.78 Å². The van der Waals surface area contributed by atoms with Crippen LogP contribution in [0.3, 0.4) is 0 Å². The molecule has 6 nitrogen and oxygen atoms in total. The first-order valence-corrected chi connectivity index (χ1v) is 6.63. The molecule has 1 aliphatic rings. The number of Topliss-reactive ketones (excluding diaryl/α,β-unsaturated/α-hetero) is 2. The predicted octanol–water partition coefficient (Wildman–Crippen LogP) is 1.74. The van der Waals surface area contributed by atoms with Crippen molar-refractivity contribution >= 4 is 23.4 Å². The maximum Gasteiger partial charge on any atom is 0.266 e. The smallest absolute Gasteiger partial charge is 0.266 e. The van der Waals surface area contributed by atoms with Gasteiger partial charge in [-0.3, -0.25) is 14.4 Å². The van der Waals surface area contributed by atoms with Gasteiger partial charge in [-0.2, -0.15) is 0 Å². The van der Waals surface area contributed by atoms with Gasteiger partial charge in [0.2, 0.25) is 17.3 Å². The Morgan fingerprint density at radius 2 is 1.57 bits per heavy atom. The Labute approximate surface area is 132 Å². The number of carbonyl (C=O) groups is 3. The predicted molar refractivity (Wildman–Crippen MR) is 81.2 cm³/mol. The molecule has 0 radical (unpaired) electrons. The van der Waals surface area contributed by atoms with E-state index in [9.17, 15) is 19.5 Å². The highest BCUT2D eigenvalue weighted by Crippen LogP contribution is 2.25. The number of ether oxygens (including phenoxy) is 2. The van der Waals surface area contributed by atoms with Crippen LogP contribution < -0.4 is 0 Å². The van der Waals surface area contributed by atoms with Crippen molar-refractivity contribution in [3.63, 3.8) is 0 Å². The van der Waals surface area contributed by atoms with Crippen molar-refractivity contribution in [2.24, 2.45) is 0 Å². The fraction of sp³-hybridized carbons (Fsp3) is 0.118. The molecular formula is C17H14O6. The Kier molecular flexibility index (Phi) is 4.75. The van der Waals surface area contributed by atoms with Crippen molar-refractivity contribution in [1.29, 1.82) is 0 Å². The van der Waals surface area contributed by atoms with Gasteiger partial charge in [0.1, 0.15) is 5.57 Å². The van der Waals surface area contributed by atoms with E-state index in [1.807, 2.05) is 6.07 Å². The van der Waals surface area contributed by atoms with Gasteiger partial charge in [-0.1, -0.05) is 36.4 Å². The maximum atomic E-state index is 12.2. The van der Waals surface area contributed by atoms with E-state index >= 15 is 0 Å². The first-order chi connectivity index (χ1) is 11.0. The molecule has 0 atom stereocenters. The summed E-state index contributed by atoms with van der Waals surface area (Å²) in [6.07, 6.45) is 2.58. The molecule has 0 fully saturated rings. The number of aliphatic hydroxyl groups is 1. The third-order valence-electron chi connectivity index (χ3n) is 3.18. The molecule has 6 heteroatoms. The molecule has 0 amide bonds. The average molecular weight is 314 g/mol. The molecule has 0 heterocycles. The second kappa shape index (κ2) is 6.74. The lowest BCUT2D eigenvalue weighted by Crippen LogP contribution is -2.29. The third kappa shape index (κ3) is 3.06. The average Bonchev–Trinajstić information content (AvgIpc) is 2.57. The van der Waals surface area contributed by atoms with Crippen LogP contribution in [0.25, 0.3) is 6.08 Å². The summed E-state index contributed by atoms with van der Waals surface area (Å²) < 4.78 is 9.60. The Morgan fingerprint density at radius 1 is 1.00 bits per heavy atom. The fourth-order valence-corrected chi connectivity index (χ4v) is 2.07. The van der Waals surface area contributed by atoms with Gasteiger partial charge in [0.05, 0.1) is 14.2 Å². The number of allylic oxidation sites excluding steroid dienone is 2. The van der Waals surface area contributed by atoms with E-state index in [1.54, 1.807) is 24.3 Å². The van der Waals surface area contributed by atoms with E-state index in [2.05, 4.69) is 0 Å². The number of carbonyl (C=O) groups excluding carboxylic acids is 3. The van der Waals surface area contributed by atoms with Gasteiger partial charge in [-0.05, 0) is 11.6 Å². The number of rotatable bonds is 5. The third-order valence-corrected chi connectivity index (χ3v) is 3.18. The SMILES string of the molecule is COC1=C(OC)C(=O)C(C(=O)/C=C/c2ccccc2)=C(O)C1=O. The second-order valence-corrected chi connectivity index (χ2v) is 4.56. The van der Waals surface area contributed by atoms with Gasteiger partial charge in [-0.25, -0.2) is 0 Å². The van der Waals surface area contributed by atoms with E-state index in [4.69, 9.17) is 9.47 Å². The lowest BCUT2D eigenvalue weighted by Gasteiger charge is -2.17. The minimum Gasteiger partial charge on any atom is -0.503 e. The van der Waals surface area contributed by atoms with Crippen LogP contribution in [0.2, 0.25) is 0 Å². The Morgan fingerprint density at radius 3 is 2.13 bits per heavy atom. The van der Waals surface area contributed by atoms with Crippen LogP contribution in [0.15, 0.2) is 59.3 Å². The first-order valence-electron chi connectivity index (χ1n) is 6.63. The van der Waals surface area contributed by atoms with Gasteiger partial charge in [0.15, 0.2) is 11.5 Å². The van der Waals surface area contributed by atoms with Crippen LogP contribution in [0, 0.1) is 0 Å². The number of hydrogen-bond acceptors (Lipinski definition) is 6. The van der Waals surface area contributed by atoms with Crippen LogP contribution in [-0.4, -0.2) is 36.7 Å². The standard InChI is InChI=1S/C17H14O6/c1-22-16-14(20)12(13(19)15(21)17(16)23-2)11(18)9-8-10-6-4-3-5-7-10/h3-9,19H,1-2H3/b9-8+. The highest BCUT2D eigenvalue weighted by molar-refractivity contribution is 6.36. The quantitative estimate of drug-likeness (QED) is 0.506. The zero-order chi connectivity index (χ0) is 17.0. The van der Waals surface area contributed by atoms with Crippen molar-refractivity contribution in [1.82, 2.24) is 0 Å². The monoisotopic (exact) mass is 314 g/mol. The Hall–Kier alpha value is -3.15. The van der Waals surface area contributed by atoms with Crippen molar-refractivity contribution in [3.05, 3.63) is 64.8 Å². The zero-order valence-corrected chi connectivity index (χ0v) is 12.5. The Balaban J connectivity index is 2.37. The van der Waals surface area contributed by atoms with Gasteiger partial charge < -0.3 is 14.6 Å². The number of hydrogen-bond donors (Lipinski definition) is 1. The molecule has 1 aliphatic carbocycles. The van der Waals surface area contributed by atoms with Gasteiger partial charge in [0, 0.05) is 0 Å². The molecule has 0 aromatic heterocycles. The lowest BCUT2D eigenvalue weighted by molar-refractivity contribution is -0.125. The zero-order valence-electron chi connectivity index (χ0n) is 12.5. The normalized spacial score (nSPS) is 15.4. The minimum absolute atomic E-state index is 0.410. The van der Waals surface area contributed by atoms with Crippen molar-refractivity contribution in [2.45, 2.75) is 0 Å². The molecule has 2 rings (SSSR count). The topological polar surface area (TPSA) is 89.9 Å². The van der Waals surface area contributed by atoms with E-state index < -0.39 is 40.2 Å². The molecule has 0 saturated heterocycles. The number of ketones is 3. The van der Waals surface area contributed by atoms with Crippen molar-refractivity contribution < 1.29 is 29.0 Å². The molecular weight excluding hydrogens is 300 g/mol. The number of aliphatic hydroxyl groups excluding tert-OH is 1. The number of methoxy groups -OCH3 is 2. The molecule has 0 spiro atoms. The Bertz CT molecular complexity index is 753. The minimum atomic E-state index is -0.972. The van der Waals surface area contributed by atoms with Crippen LogP contribution in [0.5, 0.6) is 0 Å². The van der Waals surface area contributed by atoms with Gasteiger partial charge in [-0.15, -0.1) is 0 Å². The molecule has 0 unspecified atom stereocenters. The molecule has 0 saturated carbocycles. The van der Waals surface area contributed by atoms with Crippen LogP contribution in [-0.2, 0) is 23.9 Å². The molecule has 1 aromatic rings. The van der Waals surface area contributed by atoms with Crippen molar-refractivity contribution in [3.8, 4) is 0 Å². The van der Waals surface area contributed by atoms with Crippen LogP contribution in [0.1, 0.15) is 5.56 Å². The highest BCUT2D eigenvalue weighted by Gasteiger charge is 2.39. The molecule has 118 valence electrons. The molecule has 0 aliphatic heterocycles. The van der Waals surface area contributed by atoms with E-state index in [-0.39, 0.29) is 0 Å². The van der Waals surface area contributed by atoms with Crippen LogP contribution in [0.4, 0.5) is 0 Å². The number of benzene rings is 1. The summed E-state index contributed by atoms with van der Waals surface area (Å²) >= 11 is 0. The summed E-state index contributed by atoms with van der Waals surface area (Å²) in [5, 5.41) is 9.88. The van der Waals surface area contributed by atoms with Gasteiger partial charge >= 0.3 is 0 Å². The lowest BCUT2D eigenvalue weighted by atomic mass is 9.94. The fourth-order valence-electron chi connectivity index (χ4n) is 2.07. The molecule has 1 aromatic carbocycles. The molecule has 1 N–H and O–H groups in total. The summed E-state index contributed by atoms with van der Waals surface area (Å²) in [4.78, 5) is 36.4. The van der Waals surface area contributed by atoms with Crippen LogP contribution >= 0.6 is 0 Å². The van der Waals surface area contributed by atoms with E-state index in [1.165, 1.54) is 13.2 Å². The summed E-state index contributed by atoms with van der Waals surface area (Å²) in [6, 6.07) is 8.91. The van der Waals surface area contributed by atoms with E-state index in [0.717, 1.165) is 18.7 Å². The highest BCUT2D eigenvalue weighted by atomic mass is 16.5. The largest absolute Gasteiger partial charge is 0.503 e. The summed E-state index contributed by atoms with van der Waals surface area (Å²) in [5.41, 5.74) is 0.0930. The second-order valence-electron chi connectivity index (χ2n) is 4.56. The molecule has 23 heavy (non-hydrogen) atoms. The maximum absolute atomic E-state index is 12.2. The first kappa shape index (κ1) is 16.2. The van der Waals surface area contributed by atoms with Crippen molar-refractivity contribution in [2.75, 3.05) is 14.2 Å². The summed E-state index contributed by atoms with van der Waals surface area (Å²) in [6.45, 7) is 0.